The lowest BCUT2D eigenvalue weighted by Gasteiger charge is -2.01. The molecule has 96 valence electrons. The maximum atomic E-state index is 11.7. The highest BCUT2D eigenvalue weighted by Crippen LogP contribution is 2.15. The molecule has 0 aliphatic carbocycles. The third kappa shape index (κ3) is 3.51. The summed E-state index contributed by atoms with van der Waals surface area (Å²) in [6.07, 6.45) is 1.63. The Kier molecular flexibility index (Phi) is 4.27. The number of anilines is 1. The van der Waals surface area contributed by atoms with E-state index in [9.17, 15) is 4.79 Å². The van der Waals surface area contributed by atoms with Crippen LogP contribution in [0.2, 0.25) is 0 Å². The smallest absolute Gasteiger partial charge is 0.261 e. The number of rotatable bonds is 5. The second-order valence-corrected chi connectivity index (χ2v) is 6.19. The highest BCUT2D eigenvalue weighted by atomic mass is 32.1. The Morgan fingerprint density at radius 3 is 2.83 bits per heavy atom. The van der Waals surface area contributed by atoms with Crippen molar-refractivity contribution in [1.29, 1.82) is 0 Å². The molecular weight excluding hydrogens is 268 g/mol. The highest BCUT2D eigenvalue weighted by molar-refractivity contribution is 7.15. The monoisotopic (exact) mass is 282 g/mol. The molecule has 2 aromatic rings. The van der Waals surface area contributed by atoms with E-state index in [0.29, 0.717) is 11.7 Å². The zero-order valence-corrected chi connectivity index (χ0v) is 11.6. The van der Waals surface area contributed by atoms with Crippen molar-refractivity contribution in [1.82, 2.24) is 15.5 Å². The van der Waals surface area contributed by atoms with E-state index >= 15 is 0 Å². The Morgan fingerprint density at radius 2 is 2.22 bits per heavy atom. The van der Waals surface area contributed by atoms with E-state index in [1.807, 2.05) is 19.1 Å². The van der Waals surface area contributed by atoms with Crippen LogP contribution in [0.15, 0.2) is 12.1 Å². The van der Waals surface area contributed by atoms with Gasteiger partial charge in [0.25, 0.3) is 5.91 Å². The fourth-order valence-electron chi connectivity index (χ4n) is 1.45. The maximum Gasteiger partial charge on any atom is 0.261 e. The molecule has 7 heteroatoms. The second kappa shape index (κ2) is 5.92. The van der Waals surface area contributed by atoms with Crippen molar-refractivity contribution in [2.45, 2.75) is 19.8 Å². The average molecular weight is 282 g/mol. The molecule has 0 fully saturated rings. The average Bonchev–Trinajstić information content (AvgIpc) is 2.93. The lowest BCUT2D eigenvalue weighted by molar-refractivity contribution is 0.0957. The van der Waals surface area contributed by atoms with Crippen molar-refractivity contribution in [3.05, 3.63) is 26.9 Å². The van der Waals surface area contributed by atoms with Crippen molar-refractivity contribution < 1.29 is 4.79 Å². The van der Waals surface area contributed by atoms with Crippen LogP contribution >= 0.6 is 22.7 Å². The van der Waals surface area contributed by atoms with Gasteiger partial charge in [0.15, 0.2) is 0 Å². The molecule has 0 saturated heterocycles. The number of amides is 1. The third-order valence-corrected chi connectivity index (χ3v) is 4.11. The maximum absolute atomic E-state index is 11.7. The van der Waals surface area contributed by atoms with E-state index in [0.717, 1.165) is 27.6 Å². The molecule has 3 N–H and O–H groups in total. The SMILES string of the molecule is Cc1ccc(C(=O)NCCCc2nnc(N)s2)s1. The second-order valence-electron chi connectivity index (χ2n) is 3.80. The lowest BCUT2D eigenvalue weighted by Crippen LogP contribution is -2.23. The number of carbonyl (C=O) groups is 1. The van der Waals surface area contributed by atoms with Crippen LogP contribution in [0.3, 0.4) is 0 Å². The molecule has 0 aliphatic heterocycles. The van der Waals surface area contributed by atoms with Gasteiger partial charge in [-0.05, 0) is 25.5 Å². The van der Waals surface area contributed by atoms with Crippen LogP contribution in [-0.4, -0.2) is 22.6 Å². The van der Waals surface area contributed by atoms with Crippen molar-refractivity contribution in [3.63, 3.8) is 0 Å². The molecule has 0 unspecified atom stereocenters. The van der Waals surface area contributed by atoms with Crippen LogP contribution in [-0.2, 0) is 6.42 Å². The zero-order chi connectivity index (χ0) is 13.0. The number of hydrogen-bond acceptors (Lipinski definition) is 6. The summed E-state index contributed by atoms with van der Waals surface area (Å²) < 4.78 is 0. The van der Waals surface area contributed by atoms with E-state index in [2.05, 4.69) is 15.5 Å². The summed E-state index contributed by atoms with van der Waals surface area (Å²) >= 11 is 2.90. The first-order valence-corrected chi connectivity index (χ1v) is 7.21. The number of thiophene rings is 1. The van der Waals surface area contributed by atoms with Crippen molar-refractivity contribution in [2.75, 3.05) is 12.3 Å². The molecule has 0 radical (unpaired) electrons. The molecule has 1 amide bonds. The van der Waals surface area contributed by atoms with E-state index < -0.39 is 0 Å². The van der Waals surface area contributed by atoms with Gasteiger partial charge < -0.3 is 11.1 Å². The number of aromatic nitrogens is 2. The van der Waals surface area contributed by atoms with E-state index in [4.69, 9.17) is 5.73 Å². The van der Waals surface area contributed by atoms with Crippen LogP contribution in [0.4, 0.5) is 5.13 Å². The molecule has 2 aromatic heterocycles. The highest BCUT2D eigenvalue weighted by Gasteiger charge is 2.07. The Hall–Kier alpha value is -1.47. The van der Waals surface area contributed by atoms with Crippen LogP contribution < -0.4 is 11.1 Å². The lowest BCUT2D eigenvalue weighted by atomic mass is 10.3. The van der Waals surface area contributed by atoms with Gasteiger partial charge >= 0.3 is 0 Å². The van der Waals surface area contributed by atoms with Crippen LogP contribution in [0.5, 0.6) is 0 Å². The van der Waals surface area contributed by atoms with Crippen molar-refractivity contribution >= 4 is 33.7 Å². The largest absolute Gasteiger partial charge is 0.374 e. The van der Waals surface area contributed by atoms with Crippen molar-refractivity contribution in [3.8, 4) is 0 Å². The third-order valence-electron chi connectivity index (χ3n) is 2.30. The molecule has 0 saturated carbocycles. The number of aryl methyl sites for hydroxylation is 2. The number of nitrogens with one attached hydrogen (secondary N) is 1. The van der Waals surface area contributed by atoms with Gasteiger partial charge in [0.1, 0.15) is 5.01 Å². The van der Waals surface area contributed by atoms with Gasteiger partial charge in [0.05, 0.1) is 4.88 Å². The summed E-state index contributed by atoms with van der Waals surface area (Å²) in [7, 11) is 0. The van der Waals surface area contributed by atoms with Gasteiger partial charge in [-0.25, -0.2) is 0 Å². The predicted octanol–water partition coefficient (Wildman–Crippen LogP) is 1.85. The molecule has 2 heterocycles. The van der Waals surface area contributed by atoms with Gasteiger partial charge in [-0.3, -0.25) is 4.79 Å². The Labute approximate surface area is 113 Å². The van der Waals surface area contributed by atoms with E-state index in [1.54, 1.807) is 0 Å². The van der Waals surface area contributed by atoms with E-state index in [1.165, 1.54) is 22.7 Å². The Morgan fingerprint density at radius 1 is 1.39 bits per heavy atom. The van der Waals surface area contributed by atoms with Crippen LogP contribution in [0.1, 0.15) is 26.0 Å². The van der Waals surface area contributed by atoms with E-state index in [-0.39, 0.29) is 5.91 Å². The molecule has 0 atom stereocenters. The number of nitrogens with zero attached hydrogens (tertiary/aromatic N) is 2. The fraction of sp³-hybridized carbons (Fsp3) is 0.364. The topological polar surface area (TPSA) is 80.9 Å². The quantitative estimate of drug-likeness (QED) is 0.820. The standard InChI is InChI=1S/C11H14N4OS2/c1-7-4-5-8(17-7)10(16)13-6-2-3-9-14-15-11(12)18-9/h4-5H,2-3,6H2,1H3,(H2,12,15)(H,13,16). The van der Waals surface area contributed by atoms with Gasteiger partial charge in [-0.2, -0.15) is 0 Å². The first kappa shape index (κ1) is 13.0. The first-order chi connectivity index (χ1) is 8.65. The predicted molar refractivity (Wildman–Crippen MR) is 74.0 cm³/mol. The molecule has 2 rings (SSSR count). The molecular formula is C11H14N4OS2. The normalized spacial score (nSPS) is 10.5. The zero-order valence-electron chi connectivity index (χ0n) is 9.97. The number of nitrogens with two attached hydrogens (primary N) is 1. The molecule has 0 spiro atoms. The fourth-order valence-corrected chi connectivity index (χ4v) is 2.89. The summed E-state index contributed by atoms with van der Waals surface area (Å²) in [6, 6.07) is 3.80. The molecule has 5 nitrogen and oxygen atoms in total. The molecule has 0 aliphatic rings. The Balaban J connectivity index is 1.71. The Bertz CT molecular complexity index is 535. The molecule has 18 heavy (non-hydrogen) atoms. The van der Waals surface area contributed by atoms with Crippen molar-refractivity contribution in [2.24, 2.45) is 0 Å². The van der Waals surface area contributed by atoms with Crippen LogP contribution in [0.25, 0.3) is 0 Å². The summed E-state index contributed by atoms with van der Waals surface area (Å²) in [4.78, 5) is 13.6. The number of nitrogen functional groups attached to an aromatic ring is 1. The summed E-state index contributed by atoms with van der Waals surface area (Å²) in [6.45, 7) is 2.62. The van der Waals surface area contributed by atoms with Gasteiger partial charge in [0, 0.05) is 17.8 Å². The summed E-state index contributed by atoms with van der Waals surface area (Å²) in [5.74, 6) is -0.00937. The van der Waals surface area contributed by atoms with Gasteiger partial charge in [-0.1, -0.05) is 11.3 Å². The minimum atomic E-state index is -0.00937. The number of hydrogen-bond donors (Lipinski definition) is 2. The molecule has 0 aromatic carbocycles. The minimum Gasteiger partial charge on any atom is -0.374 e. The van der Waals surface area contributed by atoms with Crippen LogP contribution in [0, 0.1) is 6.92 Å². The molecule has 0 bridgehead atoms. The summed E-state index contributed by atoms with van der Waals surface area (Å²) in [5, 5.41) is 12.0. The minimum absolute atomic E-state index is 0.00937. The number of carbonyl (C=O) groups excluding carboxylic acids is 1. The first-order valence-electron chi connectivity index (χ1n) is 5.57. The summed E-state index contributed by atoms with van der Waals surface area (Å²) in [5.41, 5.74) is 5.49. The van der Waals surface area contributed by atoms with Gasteiger partial charge in [0.2, 0.25) is 5.13 Å². The van der Waals surface area contributed by atoms with Gasteiger partial charge in [-0.15, -0.1) is 21.5 Å².